The maximum Gasteiger partial charge on any atom is 0.303 e. The van der Waals surface area contributed by atoms with E-state index >= 15 is 0 Å². The molecule has 0 aliphatic rings. The summed E-state index contributed by atoms with van der Waals surface area (Å²) in [6, 6.07) is 0. The summed E-state index contributed by atoms with van der Waals surface area (Å²) >= 11 is 0. The lowest BCUT2D eigenvalue weighted by molar-refractivity contribution is -0.137. The molecule has 0 saturated heterocycles. The Morgan fingerprint density at radius 1 is 0.958 bits per heavy atom. The van der Waals surface area contributed by atoms with Crippen LogP contribution in [0.4, 0.5) is 0 Å². The Labute approximate surface area is 146 Å². The van der Waals surface area contributed by atoms with E-state index in [1.807, 2.05) is 12.2 Å². The van der Waals surface area contributed by atoms with Crippen LogP contribution in [0.3, 0.4) is 0 Å². The molecule has 4 heteroatoms. The lowest BCUT2D eigenvalue weighted by atomic mass is 10.1. The zero-order valence-corrected chi connectivity index (χ0v) is 14.9. The zero-order chi connectivity index (χ0) is 18.0. The van der Waals surface area contributed by atoms with E-state index in [1.165, 1.54) is 19.3 Å². The second kappa shape index (κ2) is 16.5. The minimum absolute atomic E-state index is 0.0890. The smallest absolute Gasteiger partial charge is 0.303 e. The fourth-order valence-electron chi connectivity index (χ4n) is 2.22. The minimum Gasteiger partial charge on any atom is -0.481 e. The van der Waals surface area contributed by atoms with Crippen molar-refractivity contribution in [1.82, 2.24) is 0 Å². The Kier molecular flexibility index (Phi) is 15.5. The van der Waals surface area contributed by atoms with Crippen molar-refractivity contribution in [2.45, 2.75) is 83.3 Å². The van der Waals surface area contributed by atoms with Gasteiger partial charge in [0.25, 0.3) is 0 Å². The summed E-state index contributed by atoms with van der Waals surface area (Å²) in [6.07, 6.45) is 18.6. The van der Waals surface area contributed by atoms with Crippen LogP contribution >= 0.6 is 0 Å². The molecule has 2 atom stereocenters. The lowest BCUT2D eigenvalue weighted by Crippen LogP contribution is -2.04. The molecular weight excluding hydrogens is 304 g/mol. The summed E-state index contributed by atoms with van der Waals surface area (Å²) in [5.41, 5.74) is 0. The summed E-state index contributed by atoms with van der Waals surface area (Å²) in [7, 11) is 0. The van der Waals surface area contributed by atoms with Crippen LogP contribution in [0.15, 0.2) is 36.5 Å². The second-order valence-corrected chi connectivity index (χ2v) is 6.10. The van der Waals surface area contributed by atoms with Gasteiger partial charge in [-0.15, -0.1) is 0 Å². The average molecular weight is 338 g/mol. The van der Waals surface area contributed by atoms with Crippen molar-refractivity contribution in [3.05, 3.63) is 36.5 Å². The van der Waals surface area contributed by atoms with Gasteiger partial charge in [-0.1, -0.05) is 56.2 Å². The van der Waals surface area contributed by atoms with E-state index in [4.69, 9.17) is 5.11 Å². The predicted molar refractivity (Wildman–Crippen MR) is 98.9 cm³/mol. The highest BCUT2D eigenvalue weighted by Gasteiger charge is 2.01. The van der Waals surface area contributed by atoms with Crippen LogP contribution < -0.4 is 0 Å². The number of unbranched alkanes of at least 4 members (excludes halogenated alkanes) is 3. The second-order valence-electron chi connectivity index (χ2n) is 6.10. The van der Waals surface area contributed by atoms with Crippen LogP contribution in [-0.2, 0) is 4.79 Å². The highest BCUT2D eigenvalue weighted by Crippen LogP contribution is 2.06. The minimum atomic E-state index is -0.833. The Morgan fingerprint density at radius 3 is 2.46 bits per heavy atom. The highest BCUT2D eigenvalue weighted by atomic mass is 16.4. The molecule has 0 heterocycles. The molecule has 0 aliphatic heterocycles. The van der Waals surface area contributed by atoms with E-state index in [9.17, 15) is 15.0 Å². The van der Waals surface area contributed by atoms with Gasteiger partial charge in [0.05, 0.1) is 12.2 Å². The quantitative estimate of drug-likeness (QED) is 0.235. The normalized spacial score (nSPS) is 14.8. The van der Waals surface area contributed by atoms with Gasteiger partial charge in [0.1, 0.15) is 0 Å². The molecule has 0 aromatic carbocycles. The number of hydrogen-bond donors (Lipinski definition) is 3. The van der Waals surface area contributed by atoms with Gasteiger partial charge in [0.15, 0.2) is 0 Å². The largest absolute Gasteiger partial charge is 0.481 e. The van der Waals surface area contributed by atoms with Crippen LogP contribution in [0, 0.1) is 0 Å². The fourth-order valence-corrected chi connectivity index (χ4v) is 2.22. The van der Waals surface area contributed by atoms with Gasteiger partial charge in [-0.2, -0.15) is 0 Å². The Bertz CT molecular complexity index is 385. The molecule has 3 N–H and O–H groups in total. The first kappa shape index (κ1) is 22.6. The van der Waals surface area contributed by atoms with Crippen LogP contribution in [-0.4, -0.2) is 33.5 Å². The average Bonchev–Trinajstić information content (AvgIpc) is 2.53. The maximum atomic E-state index is 10.4. The van der Waals surface area contributed by atoms with Crippen molar-refractivity contribution in [3.63, 3.8) is 0 Å². The van der Waals surface area contributed by atoms with Gasteiger partial charge >= 0.3 is 5.97 Å². The van der Waals surface area contributed by atoms with E-state index in [0.717, 1.165) is 19.3 Å². The van der Waals surface area contributed by atoms with Gasteiger partial charge in [-0.25, -0.2) is 0 Å². The summed E-state index contributed by atoms with van der Waals surface area (Å²) in [6.45, 7) is 2.19. The van der Waals surface area contributed by atoms with Gasteiger partial charge in [-0.3, -0.25) is 4.79 Å². The molecule has 0 saturated carbocycles. The highest BCUT2D eigenvalue weighted by molar-refractivity contribution is 5.66. The monoisotopic (exact) mass is 338 g/mol. The first-order valence-electron chi connectivity index (χ1n) is 9.12. The number of carboxylic acids is 1. The molecule has 4 nitrogen and oxygen atoms in total. The van der Waals surface area contributed by atoms with Crippen molar-refractivity contribution < 1.29 is 20.1 Å². The molecule has 0 spiro atoms. The van der Waals surface area contributed by atoms with Crippen LogP contribution in [0.1, 0.15) is 71.1 Å². The SMILES string of the molecule is CCCCC/C=C/CC(O)CC/C=C/C=C/C(O)CCCC(=O)O. The number of allylic oxidation sites excluding steroid dienone is 4. The summed E-state index contributed by atoms with van der Waals surface area (Å²) < 4.78 is 0. The molecular formula is C20H34O4. The fraction of sp³-hybridized carbons (Fsp3) is 0.650. The van der Waals surface area contributed by atoms with Gasteiger partial charge in [0, 0.05) is 6.42 Å². The molecule has 0 fully saturated rings. The van der Waals surface area contributed by atoms with Crippen LogP contribution in [0.5, 0.6) is 0 Å². The van der Waals surface area contributed by atoms with E-state index < -0.39 is 12.1 Å². The molecule has 0 aromatic rings. The van der Waals surface area contributed by atoms with Gasteiger partial charge in [0.2, 0.25) is 0 Å². The Morgan fingerprint density at radius 2 is 1.75 bits per heavy atom. The van der Waals surface area contributed by atoms with Crippen LogP contribution in [0.2, 0.25) is 0 Å². The topological polar surface area (TPSA) is 77.8 Å². The number of hydrogen-bond acceptors (Lipinski definition) is 3. The van der Waals surface area contributed by atoms with Crippen molar-refractivity contribution >= 4 is 5.97 Å². The number of carbonyl (C=O) groups is 1. The molecule has 0 aliphatic carbocycles. The van der Waals surface area contributed by atoms with E-state index in [2.05, 4.69) is 19.1 Å². The zero-order valence-electron chi connectivity index (χ0n) is 14.9. The molecule has 24 heavy (non-hydrogen) atoms. The van der Waals surface area contributed by atoms with E-state index in [-0.39, 0.29) is 12.5 Å². The number of aliphatic carboxylic acids is 1. The molecule has 0 aromatic heterocycles. The standard InChI is InChI=1S/C20H34O4/c1-2-3-4-5-6-9-13-18(21)14-10-7-8-11-15-19(22)16-12-17-20(23)24/h6-9,11,15,18-19,21-22H,2-5,10,12-14,16-17H2,1H3,(H,23,24)/b8-7+,9-6+,15-11+. The number of aliphatic hydroxyl groups is 2. The number of rotatable bonds is 15. The molecule has 0 rings (SSSR count). The predicted octanol–water partition coefficient (Wildman–Crippen LogP) is 4.38. The Hall–Kier alpha value is -1.39. The van der Waals surface area contributed by atoms with Crippen molar-refractivity contribution in [2.24, 2.45) is 0 Å². The first-order valence-corrected chi connectivity index (χ1v) is 9.12. The van der Waals surface area contributed by atoms with Gasteiger partial charge in [-0.05, 0) is 44.9 Å². The first-order chi connectivity index (χ1) is 11.6. The van der Waals surface area contributed by atoms with Gasteiger partial charge < -0.3 is 15.3 Å². The van der Waals surface area contributed by atoms with Crippen molar-refractivity contribution in [3.8, 4) is 0 Å². The van der Waals surface area contributed by atoms with E-state index in [1.54, 1.807) is 12.2 Å². The third-order valence-corrected chi connectivity index (χ3v) is 3.69. The molecule has 0 bridgehead atoms. The van der Waals surface area contributed by atoms with Crippen molar-refractivity contribution in [1.29, 1.82) is 0 Å². The summed E-state index contributed by atoms with van der Waals surface area (Å²) in [4.78, 5) is 10.4. The number of carboxylic acid groups (broad SMARTS) is 1. The molecule has 138 valence electrons. The Balaban J connectivity index is 3.65. The molecule has 0 amide bonds. The summed E-state index contributed by atoms with van der Waals surface area (Å²) in [5, 5.41) is 28.0. The third kappa shape index (κ3) is 17.0. The lowest BCUT2D eigenvalue weighted by Gasteiger charge is -2.05. The van der Waals surface area contributed by atoms with E-state index in [0.29, 0.717) is 19.3 Å². The third-order valence-electron chi connectivity index (χ3n) is 3.69. The number of aliphatic hydroxyl groups excluding tert-OH is 2. The summed E-state index contributed by atoms with van der Waals surface area (Å²) in [5.74, 6) is -0.833. The van der Waals surface area contributed by atoms with Crippen LogP contribution in [0.25, 0.3) is 0 Å². The maximum absolute atomic E-state index is 10.4. The molecule has 0 radical (unpaired) electrons. The van der Waals surface area contributed by atoms with Crippen molar-refractivity contribution in [2.75, 3.05) is 0 Å². The molecule has 2 unspecified atom stereocenters.